The van der Waals surface area contributed by atoms with Crippen LogP contribution in [0.4, 0.5) is 9.59 Å². The van der Waals surface area contributed by atoms with Crippen molar-refractivity contribution in [2.45, 2.75) is 43.8 Å². The summed E-state index contributed by atoms with van der Waals surface area (Å²) in [6.07, 6.45) is 8.35. The Bertz CT molecular complexity index is 1940. The molecule has 0 saturated carbocycles. The summed E-state index contributed by atoms with van der Waals surface area (Å²) in [5.41, 5.74) is 4.70. The van der Waals surface area contributed by atoms with E-state index in [9.17, 15) is 19.5 Å². The number of nitrogens with one attached hydrogen (secondary N) is 3. The van der Waals surface area contributed by atoms with Crippen LogP contribution in [0.25, 0.3) is 33.9 Å². The summed E-state index contributed by atoms with van der Waals surface area (Å²) in [4.78, 5) is 65.5. The van der Waals surface area contributed by atoms with E-state index in [1.165, 1.54) is 12.0 Å². The summed E-state index contributed by atoms with van der Waals surface area (Å²) >= 11 is 0. The summed E-state index contributed by atoms with van der Waals surface area (Å²) in [5.74, 6) is 1.64. The molecule has 14 heteroatoms. The number of amides is 3. The fourth-order valence-corrected chi connectivity index (χ4v) is 6.59. The van der Waals surface area contributed by atoms with Crippen LogP contribution in [0.15, 0.2) is 79.4 Å². The van der Waals surface area contributed by atoms with Gasteiger partial charge in [0, 0.05) is 36.6 Å². The predicted octanol–water partition coefficient (Wildman–Crippen LogP) is 5.50. The maximum atomic E-state index is 13.8. The van der Waals surface area contributed by atoms with Crippen molar-refractivity contribution < 1.29 is 24.2 Å². The van der Waals surface area contributed by atoms with Gasteiger partial charge in [0.05, 0.1) is 43.0 Å². The second kappa shape index (κ2) is 13.6. The van der Waals surface area contributed by atoms with Crippen molar-refractivity contribution in [3.05, 3.63) is 96.6 Å². The number of H-pyrrole nitrogens is 2. The van der Waals surface area contributed by atoms with Crippen molar-refractivity contribution in [2.24, 2.45) is 0 Å². The highest BCUT2D eigenvalue weighted by molar-refractivity contribution is 5.87. The maximum Gasteiger partial charge on any atom is 0.407 e. The number of alkyl carbamates (subject to hydrolysis) is 1. The first-order valence-corrected chi connectivity index (χ1v) is 16.1. The molecule has 0 spiro atoms. The Hall–Kier alpha value is -6.05. The second-order valence-corrected chi connectivity index (χ2v) is 12.0. The van der Waals surface area contributed by atoms with Gasteiger partial charge < -0.3 is 30.0 Å². The maximum absolute atomic E-state index is 13.8. The number of carboxylic acid groups (broad SMARTS) is 1. The van der Waals surface area contributed by atoms with Gasteiger partial charge >= 0.3 is 12.2 Å². The molecule has 5 aromatic rings. The number of carbonyl (C=O) groups excluding carboxylic acids is 2. The molecule has 250 valence electrons. The van der Waals surface area contributed by atoms with E-state index in [4.69, 9.17) is 4.74 Å². The van der Waals surface area contributed by atoms with Crippen LogP contribution >= 0.6 is 0 Å². The SMILES string of the molecule is COC(=O)N[C@@H](C(=O)N1CCC[C@H]1c1ncc(-c2ccc(-c3ncc(-c4cnc([C@@H]5CCCN5C(=O)O)[nH]4)cn3)cc2)[nH]1)c1ccccc1. The van der Waals surface area contributed by atoms with Crippen LogP contribution in [0.3, 0.4) is 0 Å². The third-order valence-electron chi connectivity index (χ3n) is 9.10. The number of imidazole rings is 2. The van der Waals surface area contributed by atoms with Crippen molar-refractivity contribution in [1.29, 1.82) is 0 Å². The lowest BCUT2D eigenvalue weighted by Gasteiger charge is -2.28. The van der Waals surface area contributed by atoms with E-state index >= 15 is 0 Å². The van der Waals surface area contributed by atoms with E-state index in [2.05, 4.69) is 35.2 Å². The van der Waals surface area contributed by atoms with Gasteiger partial charge in [-0.25, -0.2) is 29.5 Å². The average Bonchev–Trinajstić information content (AvgIpc) is 3.97. The number of nitrogens with zero attached hydrogens (tertiary/aromatic N) is 6. The molecule has 2 aromatic carbocycles. The smallest absolute Gasteiger partial charge is 0.407 e. The molecule has 3 atom stereocenters. The molecule has 2 fully saturated rings. The molecular weight excluding hydrogens is 626 g/mol. The monoisotopic (exact) mass is 661 g/mol. The number of hydrogen-bond donors (Lipinski definition) is 4. The van der Waals surface area contributed by atoms with E-state index in [0.29, 0.717) is 36.1 Å². The van der Waals surface area contributed by atoms with Crippen LogP contribution in [-0.4, -0.2) is 83.1 Å². The molecule has 7 rings (SSSR count). The first-order valence-electron chi connectivity index (χ1n) is 16.1. The van der Waals surface area contributed by atoms with Gasteiger partial charge in [-0.05, 0) is 36.8 Å². The molecule has 0 aliphatic carbocycles. The third kappa shape index (κ3) is 6.44. The average molecular weight is 662 g/mol. The lowest BCUT2D eigenvalue weighted by molar-refractivity contribution is -0.134. The van der Waals surface area contributed by atoms with Gasteiger partial charge in [-0.2, -0.15) is 0 Å². The number of carbonyl (C=O) groups is 3. The van der Waals surface area contributed by atoms with Gasteiger partial charge in [0.1, 0.15) is 17.7 Å². The first-order chi connectivity index (χ1) is 23.9. The second-order valence-electron chi connectivity index (χ2n) is 12.0. The largest absolute Gasteiger partial charge is 0.465 e. The van der Waals surface area contributed by atoms with Gasteiger partial charge in [-0.15, -0.1) is 0 Å². The molecule has 49 heavy (non-hydrogen) atoms. The van der Waals surface area contributed by atoms with E-state index in [-0.39, 0.29) is 18.0 Å². The highest BCUT2D eigenvalue weighted by atomic mass is 16.5. The number of benzene rings is 2. The molecule has 14 nitrogen and oxygen atoms in total. The van der Waals surface area contributed by atoms with Crippen molar-refractivity contribution in [2.75, 3.05) is 20.2 Å². The molecule has 0 unspecified atom stereocenters. The molecule has 0 radical (unpaired) electrons. The van der Waals surface area contributed by atoms with Crippen molar-refractivity contribution >= 4 is 18.1 Å². The van der Waals surface area contributed by atoms with E-state index in [0.717, 1.165) is 53.8 Å². The number of likely N-dealkylation sites (tertiary alicyclic amines) is 2. The van der Waals surface area contributed by atoms with Gasteiger partial charge in [0.2, 0.25) is 0 Å². The summed E-state index contributed by atoms with van der Waals surface area (Å²) in [6, 6.07) is 15.5. The standard InChI is InChI=1S/C35H35N9O5/c1-49-34(46)42-29(22-7-3-2-4-8-22)33(45)43-15-5-9-27(43)31-38-19-25(40-31)21-11-13-23(14-12-21)30-36-17-24(18-37-30)26-20-39-32(41-26)28-10-6-16-44(28)35(47)48/h2-4,7-8,11-14,17-20,27-29H,5-6,9-10,15-16H2,1H3,(H,38,40)(H,39,41)(H,42,46)(H,47,48)/t27-,28-,29+/m0/s1. The molecule has 3 aromatic heterocycles. The third-order valence-corrected chi connectivity index (χ3v) is 9.10. The molecule has 5 heterocycles. The van der Waals surface area contributed by atoms with Crippen LogP contribution < -0.4 is 5.32 Å². The number of methoxy groups -OCH3 is 1. The predicted molar refractivity (Wildman–Crippen MR) is 178 cm³/mol. The Morgan fingerprint density at radius 3 is 1.96 bits per heavy atom. The van der Waals surface area contributed by atoms with Crippen LogP contribution in [0.2, 0.25) is 0 Å². The van der Waals surface area contributed by atoms with Crippen LogP contribution in [-0.2, 0) is 9.53 Å². The molecule has 2 aliphatic rings. The van der Waals surface area contributed by atoms with Gasteiger partial charge in [0.15, 0.2) is 5.82 Å². The van der Waals surface area contributed by atoms with Crippen molar-refractivity contribution in [3.8, 4) is 33.9 Å². The van der Waals surface area contributed by atoms with Crippen LogP contribution in [0.1, 0.15) is 61.0 Å². The Balaban J connectivity index is 1.03. The van der Waals surface area contributed by atoms with Crippen LogP contribution in [0, 0.1) is 0 Å². The Morgan fingerprint density at radius 2 is 1.35 bits per heavy atom. The fourth-order valence-electron chi connectivity index (χ4n) is 6.59. The lowest BCUT2D eigenvalue weighted by Crippen LogP contribution is -2.42. The van der Waals surface area contributed by atoms with E-state index in [1.807, 2.05) is 42.5 Å². The molecule has 0 bridgehead atoms. The molecule has 3 amide bonds. The Kier molecular flexibility index (Phi) is 8.75. The number of ether oxygens (including phenoxy) is 1. The zero-order valence-electron chi connectivity index (χ0n) is 26.7. The minimum atomic E-state index is -0.942. The van der Waals surface area contributed by atoms with Crippen molar-refractivity contribution in [1.82, 2.24) is 45.0 Å². The minimum absolute atomic E-state index is 0.223. The zero-order chi connectivity index (χ0) is 33.9. The van der Waals surface area contributed by atoms with E-state index < -0.39 is 18.2 Å². The van der Waals surface area contributed by atoms with Gasteiger partial charge in [-0.3, -0.25) is 9.69 Å². The zero-order valence-corrected chi connectivity index (χ0v) is 26.7. The summed E-state index contributed by atoms with van der Waals surface area (Å²) in [7, 11) is 1.27. The molecule has 2 aliphatic heterocycles. The van der Waals surface area contributed by atoms with Gasteiger partial charge in [-0.1, -0.05) is 54.6 Å². The quantitative estimate of drug-likeness (QED) is 0.167. The van der Waals surface area contributed by atoms with Gasteiger partial charge in [0.25, 0.3) is 5.91 Å². The molecular formula is C35H35N9O5. The number of hydrogen-bond acceptors (Lipinski definition) is 8. The lowest BCUT2D eigenvalue weighted by atomic mass is 10.1. The van der Waals surface area contributed by atoms with Crippen molar-refractivity contribution in [3.63, 3.8) is 0 Å². The number of aromatic amines is 2. The van der Waals surface area contributed by atoms with Crippen LogP contribution in [0.5, 0.6) is 0 Å². The Morgan fingerprint density at radius 1 is 0.776 bits per heavy atom. The Labute approximate surface area is 281 Å². The highest BCUT2D eigenvalue weighted by Gasteiger charge is 2.37. The molecule has 2 saturated heterocycles. The number of rotatable bonds is 8. The summed E-state index contributed by atoms with van der Waals surface area (Å²) in [6.45, 7) is 1.05. The summed E-state index contributed by atoms with van der Waals surface area (Å²) in [5, 5.41) is 12.2. The summed E-state index contributed by atoms with van der Waals surface area (Å²) < 4.78 is 4.80. The highest BCUT2D eigenvalue weighted by Crippen LogP contribution is 2.35. The topological polar surface area (TPSA) is 182 Å². The normalized spacial score (nSPS) is 18.0. The number of aromatic nitrogens is 6. The minimum Gasteiger partial charge on any atom is -0.465 e. The molecule has 4 N–H and O–H groups in total. The fraction of sp³-hybridized carbons (Fsp3) is 0.286. The van der Waals surface area contributed by atoms with E-state index in [1.54, 1.807) is 41.8 Å². The first kappa shape index (κ1) is 31.5.